The summed E-state index contributed by atoms with van der Waals surface area (Å²) in [7, 11) is 1.61. The summed E-state index contributed by atoms with van der Waals surface area (Å²) < 4.78 is 11.0. The van der Waals surface area contributed by atoms with Crippen LogP contribution in [0.5, 0.6) is 5.75 Å². The van der Waals surface area contributed by atoms with Crippen LogP contribution >= 0.6 is 27.3 Å². The molecule has 0 aliphatic rings. The molecule has 0 amide bonds. The van der Waals surface area contributed by atoms with Crippen LogP contribution in [0.15, 0.2) is 28.2 Å². The van der Waals surface area contributed by atoms with Crippen LogP contribution in [0.4, 0.5) is 10.7 Å². The highest BCUT2D eigenvalue weighted by molar-refractivity contribution is 9.10. The summed E-state index contributed by atoms with van der Waals surface area (Å²) in [4.78, 5) is 15.8. The molecule has 5 nitrogen and oxygen atoms in total. The monoisotopic (exact) mass is 356 g/mol. The van der Waals surface area contributed by atoms with Crippen LogP contribution in [0.1, 0.15) is 17.4 Å². The molecule has 0 unspecified atom stereocenters. The summed E-state index contributed by atoms with van der Waals surface area (Å²) in [6.07, 6.45) is 0. The van der Waals surface area contributed by atoms with Gasteiger partial charge in [0.25, 0.3) is 0 Å². The SMILES string of the molecule is CCOC(=O)c1ncsc1Nc1ccc(OC)c(Br)c1. The van der Waals surface area contributed by atoms with Crippen molar-refractivity contribution in [3.05, 3.63) is 33.9 Å². The molecule has 0 saturated heterocycles. The van der Waals surface area contributed by atoms with Crippen LogP contribution in [0.3, 0.4) is 0 Å². The zero-order chi connectivity index (χ0) is 14.5. The predicted octanol–water partition coefficient (Wildman–Crippen LogP) is 3.83. The number of aromatic nitrogens is 1. The Hall–Kier alpha value is -1.60. The van der Waals surface area contributed by atoms with Crippen LogP contribution in [-0.4, -0.2) is 24.7 Å². The number of thiazole rings is 1. The van der Waals surface area contributed by atoms with Crippen molar-refractivity contribution in [2.24, 2.45) is 0 Å². The van der Waals surface area contributed by atoms with Gasteiger partial charge in [-0.1, -0.05) is 0 Å². The number of methoxy groups -OCH3 is 1. The van der Waals surface area contributed by atoms with Crippen LogP contribution in [-0.2, 0) is 4.74 Å². The second-order valence-electron chi connectivity index (χ2n) is 3.72. The highest BCUT2D eigenvalue weighted by Gasteiger charge is 2.16. The normalized spacial score (nSPS) is 10.2. The number of carbonyl (C=O) groups excluding carboxylic acids is 1. The number of benzene rings is 1. The summed E-state index contributed by atoms with van der Waals surface area (Å²) in [6.45, 7) is 2.09. The number of halogens is 1. The second-order valence-corrected chi connectivity index (χ2v) is 5.43. The third-order valence-electron chi connectivity index (χ3n) is 2.45. The Morgan fingerprint density at radius 3 is 2.95 bits per heavy atom. The minimum atomic E-state index is -0.427. The maximum absolute atomic E-state index is 11.7. The van der Waals surface area contributed by atoms with Crippen molar-refractivity contribution in [1.29, 1.82) is 0 Å². The van der Waals surface area contributed by atoms with Crippen molar-refractivity contribution < 1.29 is 14.3 Å². The quantitative estimate of drug-likeness (QED) is 0.824. The number of nitrogens with zero attached hydrogens (tertiary/aromatic N) is 1. The number of hydrogen-bond acceptors (Lipinski definition) is 6. The Morgan fingerprint density at radius 1 is 1.50 bits per heavy atom. The van der Waals surface area contributed by atoms with Crippen molar-refractivity contribution in [2.45, 2.75) is 6.92 Å². The summed E-state index contributed by atoms with van der Waals surface area (Å²) in [6, 6.07) is 5.56. The van der Waals surface area contributed by atoms with Crippen LogP contribution in [0.25, 0.3) is 0 Å². The first kappa shape index (κ1) is 14.8. The summed E-state index contributed by atoms with van der Waals surface area (Å²) in [5.74, 6) is 0.314. The molecular weight excluding hydrogens is 344 g/mol. The molecular formula is C13H13BrN2O3S. The first-order valence-corrected chi connectivity index (χ1v) is 7.54. The molecule has 20 heavy (non-hydrogen) atoms. The van der Waals surface area contributed by atoms with E-state index in [1.54, 1.807) is 19.5 Å². The van der Waals surface area contributed by atoms with E-state index in [0.29, 0.717) is 17.3 Å². The van der Waals surface area contributed by atoms with Gasteiger partial charge in [-0.25, -0.2) is 9.78 Å². The zero-order valence-corrected chi connectivity index (χ0v) is 13.4. The van der Waals surface area contributed by atoms with Gasteiger partial charge in [0.2, 0.25) is 0 Å². The van der Waals surface area contributed by atoms with E-state index in [-0.39, 0.29) is 0 Å². The molecule has 0 bridgehead atoms. The van der Waals surface area contributed by atoms with Crippen molar-refractivity contribution >= 4 is 43.9 Å². The number of anilines is 2. The summed E-state index contributed by atoms with van der Waals surface area (Å²) >= 11 is 4.76. The fourth-order valence-corrected chi connectivity index (χ4v) is 2.78. The standard InChI is InChI=1S/C13H13BrN2O3S/c1-3-19-13(17)11-12(20-7-15-11)16-8-4-5-10(18-2)9(14)6-8/h4-7,16H,3H2,1-2H3. The maximum Gasteiger partial charge on any atom is 0.360 e. The van der Waals surface area contributed by atoms with Crippen molar-refractivity contribution in [3.63, 3.8) is 0 Å². The van der Waals surface area contributed by atoms with Crippen LogP contribution in [0.2, 0.25) is 0 Å². The Balaban J connectivity index is 2.20. The van der Waals surface area contributed by atoms with E-state index in [1.165, 1.54) is 11.3 Å². The van der Waals surface area contributed by atoms with Gasteiger partial charge >= 0.3 is 5.97 Å². The van der Waals surface area contributed by atoms with Gasteiger partial charge in [-0.3, -0.25) is 0 Å². The Kier molecular flexibility index (Phi) is 4.97. The first-order chi connectivity index (χ1) is 9.65. The van der Waals surface area contributed by atoms with Crippen molar-refractivity contribution in [1.82, 2.24) is 4.98 Å². The third-order valence-corrected chi connectivity index (χ3v) is 3.81. The van der Waals surface area contributed by atoms with Crippen molar-refractivity contribution in [2.75, 3.05) is 19.0 Å². The Labute approximate surface area is 129 Å². The van der Waals surface area contributed by atoms with Gasteiger partial charge in [0, 0.05) is 5.69 Å². The minimum absolute atomic E-state index is 0.295. The molecule has 0 saturated carbocycles. The van der Waals surface area contributed by atoms with E-state index in [4.69, 9.17) is 9.47 Å². The highest BCUT2D eigenvalue weighted by Crippen LogP contribution is 2.31. The molecule has 0 aliphatic carbocycles. The molecule has 2 aromatic rings. The number of ether oxygens (including phenoxy) is 2. The number of nitrogens with one attached hydrogen (secondary N) is 1. The third kappa shape index (κ3) is 3.29. The van der Waals surface area contributed by atoms with E-state index in [9.17, 15) is 4.79 Å². The average molecular weight is 357 g/mol. The highest BCUT2D eigenvalue weighted by atomic mass is 79.9. The molecule has 106 valence electrons. The molecule has 0 spiro atoms. The molecule has 1 heterocycles. The van der Waals surface area contributed by atoms with Gasteiger partial charge in [0.05, 0.1) is 23.7 Å². The molecule has 0 radical (unpaired) electrons. The fourth-order valence-electron chi connectivity index (χ4n) is 1.55. The molecule has 0 atom stereocenters. The van der Waals surface area contributed by atoms with E-state index in [0.717, 1.165) is 15.9 Å². The van der Waals surface area contributed by atoms with Gasteiger partial charge < -0.3 is 14.8 Å². The zero-order valence-electron chi connectivity index (χ0n) is 11.0. The molecule has 0 fully saturated rings. The number of rotatable bonds is 5. The number of esters is 1. The fraction of sp³-hybridized carbons (Fsp3) is 0.231. The molecule has 1 aromatic heterocycles. The Morgan fingerprint density at radius 2 is 2.30 bits per heavy atom. The molecule has 1 N–H and O–H groups in total. The lowest BCUT2D eigenvalue weighted by Crippen LogP contribution is -2.07. The summed E-state index contributed by atoms with van der Waals surface area (Å²) in [5, 5.41) is 3.81. The topological polar surface area (TPSA) is 60.5 Å². The largest absolute Gasteiger partial charge is 0.496 e. The van der Waals surface area contributed by atoms with Gasteiger partial charge in [0.1, 0.15) is 10.8 Å². The van der Waals surface area contributed by atoms with Crippen LogP contribution < -0.4 is 10.1 Å². The van der Waals surface area contributed by atoms with Gasteiger partial charge in [-0.05, 0) is 41.1 Å². The molecule has 7 heteroatoms. The number of carbonyl (C=O) groups is 1. The lowest BCUT2D eigenvalue weighted by molar-refractivity contribution is 0.0521. The summed E-state index contributed by atoms with van der Waals surface area (Å²) in [5.41, 5.74) is 2.73. The lowest BCUT2D eigenvalue weighted by Gasteiger charge is -2.08. The first-order valence-electron chi connectivity index (χ1n) is 5.87. The van der Waals surface area contributed by atoms with Crippen LogP contribution in [0, 0.1) is 0 Å². The Bertz CT molecular complexity index is 615. The van der Waals surface area contributed by atoms with Gasteiger partial charge in [-0.2, -0.15) is 0 Å². The smallest absolute Gasteiger partial charge is 0.360 e. The maximum atomic E-state index is 11.7. The van der Waals surface area contributed by atoms with Crippen molar-refractivity contribution in [3.8, 4) is 5.75 Å². The van der Waals surface area contributed by atoms with E-state index in [2.05, 4.69) is 26.2 Å². The van der Waals surface area contributed by atoms with E-state index < -0.39 is 5.97 Å². The average Bonchev–Trinajstić information content (AvgIpc) is 2.87. The minimum Gasteiger partial charge on any atom is -0.496 e. The van der Waals surface area contributed by atoms with E-state index in [1.807, 2.05) is 18.2 Å². The van der Waals surface area contributed by atoms with Gasteiger partial charge in [-0.15, -0.1) is 11.3 Å². The van der Waals surface area contributed by atoms with E-state index >= 15 is 0 Å². The number of hydrogen-bond donors (Lipinski definition) is 1. The second kappa shape index (κ2) is 6.71. The van der Waals surface area contributed by atoms with Gasteiger partial charge in [0.15, 0.2) is 5.69 Å². The molecule has 2 rings (SSSR count). The molecule has 1 aromatic carbocycles. The lowest BCUT2D eigenvalue weighted by atomic mass is 10.3. The molecule has 0 aliphatic heterocycles. The predicted molar refractivity (Wildman–Crippen MR) is 82.0 cm³/mol.